The molecule has 0 aliphatic heterocycles. The van der Waals surface area contributed by atoms with E-state index in [4.69, 9.17) is 11.0 Å². The van der Waals surface area contributed by atoms with Crippen LogP contribution in [0.1, 0.15) is 31.0 Å². The molecule has 1 aromatic carbocycles. The van der Waals surface area contributed by atoms with Gasteiger partial charge in [-0.15, -0.1) is 0 Å². The van der Waals surface area contributed by atoms with Gasteiger partial charge in [0.05, 0.1) is 16.6 Å². The second kappa shape index (κ2) is 5.22. The molecule has 1 rings (SSSR count). The molecule has 0 aliphatic carbocycles. The molecule has 0 saturated carbocycles. The first-order valence-electron chi connectivity index (χ1n) is 5.52. The number of rotatable bonds is 4. The molecule has 102 valence electrons. The van der Waals surface area contributed by atoms with Gasteiger partial charge in [-0.2, -0.15) is 5.26 Å². The summed E-state index contributed by atoms with van der Waals surface area (Å²) in [7, 11) is 0. The molecule has 1 aromatic rings. The van der Waals surface area contributed by atoms with Crippen LogP contribution in [0.5, 0.6) is 5.75 Å². The molecule has 19 heavy (non-hydrogen) atoms. The number of nitro benzene ring substituents is 1. The highest BCUT2D eigenvalue weighted by atomic mass is 16.6. The lowest BCUT2D eigenvalue weighted by Gasteiger charge is -2.30. The molecule has 0 amide bonds. The van der Waals surface area contributed by atoms with Crippen molar-refractivity contribution in [2.45, 2.75) is 19.9 Å². The van der Waals surface area contributed by atoms with Crippen molar-refractivity contribution in [1.82, 2.24) is 0 Å². The maximum Gasteiger partial charge on any atom is 0.312 e. The van der Waals surface area contributed by atoms with E-state index in [1.165, 1.54) is 6.07 Å². The average molecular weight is 265 g/mol. The highest BCUT2D eigenvalue weighted by molar-refractivity contribution is 5.57. The Hall–Kier alpha value is -2.17. The largest absolute Gasteiger partial charge is 0.502 e. The van der Waals surface area contributed by atoms with Crippen LogP contribution in [0.15, 0.2) is 12.1 Å². The number of hydrogen-bond donors (Lipinski definition) is 3. The lowest BCUT2D eigenvalue weighted by atomic mass is 9.81. The van der Waals surface area contributed by atoms with E-state index in [-0.39, 0.29) is 17.7 Å². The highest BCUT2D eigenvalue weighted by Gasteiger charge is 2.32. The zero-order chi connectivity index (χ0) is 14.8. The predicted octanol–water partition coefficient (Wildman–Crippen LogP) is 1.19. The third-order valence-corrected chi connectivity index (χ3v) is 3.03. The van der Waals surface area contributed by atoms with Crippen molar-refractivity contribution in [3.63, 3.8) is 0 Å². The lowest BCUT2D eigenvalue weighted by molar-refractivity contribution is -0.386. The third kappa shape index (κ3) is 2.81. The van der Waals surface area contributed by atoms with E-state index < -0.39 is 27.8 Å². The summed E-state index contributed by atoms with van der Waals surface area (Å²) in [5.41, 5.74) is 4.67. The van der Waals surface area contributed by atoms with Crippen molar-refractivity contribution >= 4 is 5.69 Å². The van der Waals surface area contributed by atoms with Gasteiger partial charge in [0.2, 0.25) is 0 Å². The first-order chi connectivity index (χ1) is 8.74. The molecule has 7 heteroatoms. The van der Waals surface area contributed by atoms with Crippen molar-refractivity contribution in [1.29, 1.82) is 5.26 Å². The van der Waals surface area contributed by atoms with E-state index in [1.54, 1.807) is 19.9 Å². The normalized spacial score (nSPS) is 12.8. The summed E-state index contributed by atoms with van der Waals surface area (Å²) >= 11 is 0. The molecule has 0 heterocycles. The van der Waals surface area contributed by atoms with Gasteiger partial charge in [-0.25, -0.2) is 0 Å². The molecular formula is C12H15N3O4. The molecule has 0 spiro atoms. The van der Waals surface area contributed by atoms with Crippen LogP contribution in [0.2, 0.25) is 0 Å². The fourth-order valence-electron chi connectivity index (χ4n) is 1.60. The number of aliphatic hydroxyl groups is 1. The second-order valence-corrected chi connectivity index (χ2v) is 4.93. The standard InChI is InChI=1S/C12H15N3O4/c1-12(2,6-16)11(14)8-3-7(5-13)4-9(10(8)17)15(18)19/h3-4,11,16-17H,6,14H2,1-2H3/t11-/m1/s1. The molecule has 0 fully saturated rings. The Morgan fingerprint density at radius 2 is 2.16 bits per heavy atom. The van der Waals surface area contributed by atoms with Crippen molar-refractivity contribution < 1.29 is 15.1 Å². The van der Waals surface area contributed by atoms with Gasteiger partial charge in [-0.3, -0.25) is 10.1 Å². The van der Waals surface area contributed by atoms with Crippen molar-refractivity contribution in [2.75, 3.05) is 6.61 Å². The van der Waals surface area contributed by atoms with Gasteiger partial charge in [0.1, 0.15) is 0 Å². The molecular weight excluding hydrogens is 250 g/mol. The minimum Gasteiger partial charge on any atom is -0.502 e. The van der Waals surface area contributed by atoms with Gasteiger partial charge < -0.3 is 15.9 Å². The van der Waals surface area contributed by atoms with Gasteiger partial charge in [0.25, 0.3) is 0 Å². The van der Waals surface area contributed by atoms with Crippen LogP contribution in [-0.2, 0) is 0 Å². The Kier molecular flexibility index (Phi) is 4.09. The van der Waals surface area contributed by atoms with Crippen molar-refractivity contribution in [2.24, 2.45) is 11.1 Å². The average Bonchev–Trinajstić information content (AvgIpc) is 2.37. The number of hydrogen-bond acceptors (Lipinski definition) is 6. The number of nitrogens with zero attached hydrogens (tertiary/aromatic N) is 2. The fourth-order valence-corrected chi connectivity index (χ4v) is 1.60. The van der Waals surface area contributed by atoms with Gasteiger partial charge in [-0.1, -0.05) is 13.8 Å². The molecule has 4 N–H and O–H groups in total. The lowest BCUT2D eigenvalue weighted by Crippen LogP contribution is -2.32. The van der Waals surface area contributed by atoms with Crippen LogP contribution in [0.25, 0.3) is 0 Å². The maximum atomic E-state index is 10.8. The predicted molar refractivity (Wildman–Crippen MR) is 67.3 cm³/mol. The zero-order valence-electron chi connectivity index (χ0n) is 10.6. The molecule has 0 unspecified atom stereocenters. The SMILES string of the molecule is CC(C)(CO)[C@H](N)c1cc(C#N)cc([N+](=O)[O-])c1O. The summed E-state index contributed by atoms with van der Waals surface area (Å²) in [4.78, 5) is 10.1. The van der Waals surface area contributed by atoms with Gasteiger partial charge in [0, 0.05) is 29.7 Å². The van der Waals surface area contributed by atoms with Crippen LogP contribution in [0.4, 0.5) is 5.69 Å². The first kappa shape index (κ1) is 14.9. The van der Waals surface area contributed by atoms with Crippen LogP contribution < -0.4 is 5.73 Å². The monoisotopic (exact) mass is 265 g/mol. The molecule has 7 nitrogen and oxygen atoms in total. The van der Waals surface area contributed by atoms with E-state index in [0.29, 0.717) is 0 Å². The summed E-state index contributed by atoms with van der Waals surface area (Å²) in [6.45, 7) is 3.04. The Bertz CT molecular complexity index is 549. The van der Waals surface area contributed by atoms with Crippen LogP contribution in [0, 0.1) is 26.9 Å². The number of aromatic hydroxyl groups is 1. The summed E-state index contributed by atoms with van der Waals surface area (Å²) in [6.07, 6.45) is 0. The molecule has 0 bridgehead atoms. The van der Waals surface area contributed by atoms with E-state index in [1.807, 2.05) is 0 Å². The molecule has 0 radical (unpaired) electrons. The number of aliphatic hydroxyl groups excluding tert-OH is 1. The van der Waals surface area contributed by atoms with Crippen molar-refractivity contribution in [3.8, 4) is 11.8 Å². The summed E-state index contributed by atoms with van der Waals surface area (Å²) in [5, 5.41) is 38.8. The molecule has 0 aliphatic rings. The zero-order valence-corrected chi connectivity index (χ0v) is 10.6. The molecule has 0 aromatic heterocycles. The number of benzene rings is 1. The summed E-state index contributed by atoms with van der Waals surface area (Å²) in [6, 6.07) is 3.22. The number of nitriles is 1. The molecule has 0 saturated heterocycles. The number of phenolic OH excluding ortho intramolecular Hbond substituents is 1. The Balaban J connectivity index is 3.48. The number of phenols is 1. The number of nitrogens with two attached hydrogens (primary N) is 1. The fraction of sp³-hybridized carbons (Fsp3) is 0.417. The van der Waals surface area contributed by atoms with E-state index >= 15 is 0 Å². The van der Waals surface area contributed by atoms with Crippen LogP contribution >= 0.6 is 0 Å². The number of nitro groups is 1. The van der Waals surface area contributed by atoms with Gasteiger partial charge in [0.15, 0.2) is 5.75 Å². The summed E-state index contributed by atoms with van der Waals surface area (Å²) in [5.74, 6) is -0.571. The maximum absolute atomic E-state index is 10.8. The highest BCUT2D eigenvalue weighted by Crippen LogP contribution is 2.40. The van der Waals surface area contributed by atoms with Gasteiger partial charge in [-0.05, 0) is 6.07 Å². The topological polar surface area (TPSA) is 133 Å². The van der Waals surface area contributed by atoms with E-state index in [9.17, 15) is 20.3 Å². The minimum atomic E-state index is -0.843. The van der Waals surface area contributed by atoms with Crippen LogP contribution in [0.3, 0.4) is 0 Å². The van der Waals surface area contributed by atoms with E-state index in [2.05, 4.69) is 0 Å². The minimum absolute atomic E-state index is 0.0312. The van der Waals surface area contributed by atoms with Gasteiger partial charge >= 0.3 is 5.69 Å². The van der Waals surface area contributed by atoms with Crippen LogP contribution in [-0.4, -0.2) is 21.7 Å². The Morgan fingerprint density at radius 1 is 1.58 bits per heavy atom. The quantitative estimate of drug-likeness (QED) is 0.553. The van der Waals surface area contributed by atoms with Crippen molar-refractivity contribution in [3.05, 3.63) is 33.4 Å². The molecule has 1 atom stereocenters. The third-order valence-electron chi connectivity index (χ3n) is 3.03. The Morgan fingerprint density at radius 3 is 2.58 bits per heavy atom. The Labute approximate surface area is 110 Å². The first-order valence-corrected chi connectivity index (χ1v) is 5.52. The smallest absolute Gasteiger partial charge is 0.312 e. The summed E-state index contributed by atoms with van der Waals surface area (Å²) < 4.78 is 0. The second-order valence-electron chi connectivity index (χ2n) is 4.93. The van der Waals surface area contributed by atoms with E-state index in [0.717, 1.165) is 6.07 Å².